The van der Waals surface area contributed by atoms with E-state index in [-0.39, 0.29) is 5.60 Å². The molecule has 2 saturated heterocycles. The predicted octanol–water partition coefficient (Wildman–Crippen LogP) is 0.826. The molecule has 0 bridgehead atoms. The van der Waals surface area contributed by atoms with Crippen molar-refractivity contribution in [2.45, 2.75) is 44.3 Å². The van der Waals surface area contributed by atoms with Crippen LogP contribution in [0.5, 0.6) is 0 Å². The van der Waals surface area contributed by atoms with Gasteiger partial charge in [0.2, 0.25) is 0 Å². The molecule has 1 aromatic heterocycles. The Hall–Kier alpha value is -1.07. The Morgan fingerprint density at radius 3 is 2.73 bits per heavy atom. The minimum absolute atomic E-state index is 0.236. The van der Waals surface area contributed by atoms with Crippen LogP contribution in [0.2, 0.25) is 0 Å². The maximum absolute atomic E-state index is 12.3. The lowest BCUT2D eigenvalue weighted by atomic mass is 9.78. The predicted molar refractivity (Wildman–Crippen MR) is 93.5 cm³/mol. The fourth-order valence-electron chi connectivity index (χ4n) is 3.82. The second-order valence-corrected chi connectivity index (χ2v) is 9.46. The summed E-state index contributed by atoms with van der Waals surface area (Å²) in [6.45, 7) is 2.00. The Labute approximate surface area is 154 Å². The summed E-state index contributed by atoms with van der Waals surface area (Å²) in [6.07, 6.45) is 4.04. The van der Waals surface area contributed by atoms with Gasteiger partial charge in [0.1, 0.15) is 6.61 Å². The van der Waals surface area contributed by atoms with Crippen molar-refractivity contribution in [3.63, 3.8) is 0 Å². The molecule has 0 saturated carbocycles. The summed E-state index contributed by atoms with van der Waals surface area (Å²) in [6, 6.07) is 0. The van der Waals surface area contributed by atoms with E-state index in [1.165, 1.54) is 4.31 Å². The van der Waals surface area contributed by atoms with Gasteiger partial charge in [0.15, 0.2) is 5.82 Å². The van der Waals surface area contributed by atoms with Crippen molar-refractivity contribution in [3.8, 4) is 0 Å². The largest absolute Gasteiger partial charge is 0.375 e. The number of hydrogen-bond donors (Lipinski definition) is 0. The van der Waals surface area contributed by atoms with Gasteiger partial charge in [-0.3, -0.25) is 0 Å². The monoisotopic (exact) mass is 388 g/mol. The van der Waals surface area contributed by atoms with Gasteiger partial charge in [-0.25, -0.2) is 0 Å². The van der Waals surface area contributed by atoms with Crippen molar-refractivity contribution >= 4 is 10.2 Å². The minimum atomic E-state index is -3.35. The fourth-order valence-corrected chi connectivity index (χ4v) is 4.93. The zero-order valence-electron chi connectivity index (χ0n) is 15.7. The van der Waals surface area contributed by atoms with Crippen LogP contribution in [-0.4, -0.2) is 73.7 Å². The number of hydrogen-bond acceptors (Lipinski definition) is 7. The molecule has 148 valence electrons. The highest BCUT2D eigenvalue weighted by Crippen LogP contribution is 2.39. The molecule has 2 aliphatic rings. The zero-order valence-corrected chi connectivity index (χ0v) is 16.5. The van der Waals surface area contributed by atoms with E-state index in [2.05, 4.69) is 10.1 Å². The highest BCUT2D eigenvalue weighted by molar-refractivity contribution is 7.86. The molecule has 0 aromatic carbocycles. The molecular formula is C16H28N4O5S. The standard InChI is InChI=1S/C16H28N4O5S/c1-19(2)26(21,22)20-7-5-16(6-8-20)11-13(4-9-24-16)10-14-17-15(12-23-3)25-18-14/h13H,4-12H2,1-3H3. The van der Waals surface area contributed by atoms with Crippen LogP contribution in [0.3, 0.4) is 0 Å². The maximum Gasteiger partial charge on any atom is 0.281 e. The van der Waals surface area contributed by atoms with Gasteiger partial charge in [0.05, 0.1) is 5.60 Å². The Balaban J connectivity index is 1.58. The smallest absolute Gasteiger partial charge is 0.281 e. The molecule has 1 aromatic rings. The summed E-state index contributed by atoms with van der Waals surface area (Å²) in [7, 11) is 1.37. The van der Waals surface area contributed by atoms with E-state index in [1.807, 2.05) is 0 Å². The van der Waals surface area contributed by atoms with Crippen molar-refractivity contribution in [1.82, 2.24) is 18.8 Å². The second kappa shape index (κ2) is 7.89. The third-order valence-electron chi connectivity index (χ3n) is 5.27. The molecule has 0 N–H and O–H groups in total. The van der Waals surface area contributed by atoms with Crippen molar-refractivity contribution in [2.75, 3.05) is 40.9 Å². The minimum Gasteiger partial charge on any atom is -0.375 e. The molecule has 0 radical (unpaired) electrons. The SMILES string of the molecule is COCc1nc(CC2CCOC3(CCN(S(=O)(=O)N(C)C)CC3)C2)no1. The third kappa shape index (κ3) is 4.25. The van der Waals surface area contributed by atoms with E-state index in [0.29, 0.717) is 43.9 Å². The van der Waals surface area contributed by atoms with Gasteiger partial charge in [-0.2, -0.15) is 22.0 Å². The van der Waals surface area contributed by atoms with Crippen LogP contribution in [0.25, 0.3) is 0 Å². The molecular weight excluding hydrogens is 360 g/mol. The molecule has 3 heterocycles. The van der Waals surface area contributed by atoms with Crippen LogP contribution < -0.4 is 0 Å². The number of nitrogens with zero attached hydrogens (tertiary/aromatic N) is 4. The van der Waals surface area contributed by atoms with Crippen molar-refractivity contribution in [1.29, 1.82) is 0 Å². The summed E-state index contributed by atoms with van der Waals surface area (Å²) >= 11 is 0. The average molecular weight is 388 g/mol. The molecule has 3 rings (SSSR count). The highest BCUT2D eigenvalue weighted by atomic mass is 32.2. The van der Waals surface area contributed by atoms with Crippen LogP contribution in [-0.2, 0) is 32.7 Å². The number of ether oxygens (including phenoxy) is 2. The van der Waals surface area contributed by atoms with E-state index in [9.17, 15) is 8.42 Å². The summed E-state index contributed by atoms with van der Waals surface area (Å²) in [5, 5.41) is 4.03. The molecule has 0 amide bonds. The Kier molecular flexibility index (Phi) is 5.97. The second-order valence-electron chi connectivity index (χ2n) is 7.32. The van der Waals surface area contributed by atoms with Crippen LogP contribution in [0.1, 0.15) is 37.4 Å². The molecule has 1 atom stereocenters. The van der Waals surface area contributed by atoms with Gasteiger partial charge in [-0.05, 0) is 31.6 Å². The van der Waals surface area contributed by atoms with Crippen LogP contribution in [0.4, 0.5) is 0 Å². The summed E-state index contributed by atoms with van der Waals surface area (Å²) in [5.74, 6) is 1.60. The summed E-state index contributed by atoms with van der Waals surface area (Å²) < 4.78 is 43.7. The lowest BCUT2D eigenvalue weighted by Gasteiger charge is -2.46. The zero-order chi connectivity index (χ0) is 18.8. The Morgan fingerprint density at radius 2 is 2.08 bits per heavy atom. The van der Waals surface area contributed by atoms with Crippen molar-refractivity contribution < 1.29 is 22.4 Å². The van der Waals surface area contributed by atoms with Gasteiger partial charge < -0.3 is 14.0 Å². The molecule has 1 spiro atoms. The van der Waals surface area contributed by atoms with Crippen molar-refractivity contribution in [2.24, 2.45) is 5.92 Å². The maximum atomic E-state index is 12.3. The average Bonchev–Trinajstić information content (AvgIpc) is 3.03. The lowest BCUT2D eigenvalue weighted by Crippen LogP contribution is -2.52. The molecule has 26 heavy (non-hydrogen) atoms. The molecule has 1 unspecified atom stereocenters. The lowest BCUT2D eigenvalue weighted by molar-refractivity contribution is -0.120. The van der Waals surface area contributed by atoms with E-state index in [0.717, 1.165) is 32.1 Å². The molecule has 9 nitrogen and oxygen atoms in total. The third-order valence-corrected chi connectivity index (χ3v) is 7.21. The first-order valence-corrected chi connectivity index (χ1v) is 10.4. The van der Waals surface area contributed by atoms with Gasteiger partial charge >= 0.3 is 0 Å². The summed E-state index contributed by atoms with van der Waals surface area (Å²) in [4.78, 5) is 4.35. The van der Waals surface area contributed by atoms with E-state index in [1.54, 1.807) is 25.5 Å². The van der Waals surface area contributed by atoms with Gasteiger partial charge in [-0.15, -0.1) is 0 Å². The van der Waals surface area contributed by atoms with Crippen LogP contribution in [0, 0.1) is 5.92 Å². The topological polar surface area (TPSA) is 98.0 Å². The number of methoxy groups -OCH3 is 1. The Morgan fingerprint density at radius 1 is 1.35 bits per heavy atom. The molecule has 0 aliphatic carbocycles. The molecule has 2 fully saturated rings. The molecule has 10 heteroatoms. The number of piperidine rings is 1. The van der Waals surface area contributed by atoms with E-state index < -0.39 is 10.2 Å². The highest BCUT2D eigenvalue weighted by Gasteiger charge is 2.43. The fraction of sp³-hybridized carbons (Fsp3) is 0.875. The number of aromatic nitrogens is 2. The summed E-state index contributed by atoms with van der Waals surface area (Å²) in [5.41, 5.74) is -0.236. The Bertz CT molecular complexity index is 697. The van der Waals surface area contributed by atoms with Crippen LogP contribution >= 0.6 is 0 Å². The van der Waals surface area contributed by atoms with Gasteiger partial charge in [0, 0.05) is 47.3 Å². The first-order valence-electron chi connectivity index (χ1n) is 8.97. The number of rotatable bonds is 6. The van der Waals surface area contributed by atoms with E-state index in [4.69, 9.17) is 14.0 Å². The van der Waals surface area contributed by atoms with Crippen molar-refractivity contribution in [3.05, 3.63) is 11.7 Å². The first-order chi connectivity index (χ1) is 12.3. The van der Waals surface area contributed by atoms with Gasteiger partial charge in [-0.1, -0.05) is 5.16 Å². The normalized spacial score (nSPS) is 24.4. The van der Waals surface area contributed by atoms with Gasteiger partial charge in [0.25, 0.3) is 16.1 Å². The molecule has 2 aliphatic heterocycles. The quantitative estimate of drug-likeness (QED) is 0.712. The first kappa shape index (κ1) is 19.7. The van der Waals surface area contributed by atoms with Crippen LogP contribution in [0.15, 0.2) is 4.52 Å². The van der Waals surface area contributed by atoms with E-state index >= 15 is 0 Å².